The summed E-state index contributed by atoms with van der Waals surface area (Å²) in [4.78, 5) is 15.3. The lowest BCUT2D eigenvalue weighted by Gasteiger charge is -2.20. The molecule has 0 spiro atoms. The summed E-state index contributed by atoms with van der Waals surface area (Å²) in [6.07, 6.45) is 0. The Kier molecular flexibility index (Phi) is 4.06. The van der Waals surface area contributed by atoms with E-state index in [0.717, 1.165) is 11.1 Å². The van der Waals surface area contributed by atoms with Gasteiger partial charge < -0.3 is 10.1 Å². The molecular weight excluding hydrogens is 288 g/mol. The van der Waals surface area contributed by atoms with Gasteiger partial charge in [0.2, 0.25) is 5.88 Å². The quantitative estimate of drug-likeness (QED) is 0.773. The van der Waals surface area contributed by atoms with Gasteiger partial charge >= 0.3 is 5.69 Å². The fraction of sp³-hybridized carbons (Fsp3) is 0.211. The number of nitrogens with zero attached hydrogens (tertiary/aromatic N) is 1. The van der Waals surface area contributed by atoms with E-state index in [9.17, 15) is 9.90 Å². The van der Waals surface area contributed by atoms with Crippen molar-refractivity contribution in [2.24, 2.45) is 0 Å². The Hall–Kier alpha value is -2.75. The first kappa shape index (κ1) is 15.2. The Labute approximate surface area is 135 Å². The molecule has 0 aliphatic carbocycles. The standard InChI is InChI=1S/C19H20N2O2/c1-13(2)16-18(22)21(19(23)20-16)17(14-9-5-3-6-10-14)15-11-7-4-8-12-15/h3-13,17,22H,1-2H3,(H,20,23). The van der Waals surface area contributed by atoms with Crippen LogP contribution in [0.3, 0.4) is 0 Å². The first-order chi connectivity index (χ1) is 11.1. The molecule has 0 saturated heterocycles. The van der Waals surface area contributed by atoms with Gasteiger partial charge in [0.25, 0.3) is 0 Å². The van der Waals surface area contributed by atoms with Gasteiger partial charge in [-0.15, -0.1) is 0 Å². The van der Waals surface area contributed by atoms with E-state index in [1.54, 1.807) is 0 Å². The van der Waals surface area contributed by atoms with Crippen molar-refractivity contribution in [1.29, 1.82) is 0 Å². The van der Waals surface area contributed by atoms with E-state index in [-0.39, 0.29) is 23.5 Å². The molecule has 23 heavy (non-hydrogen) atoms. The highest BCUT2D eigenvalue weighted by molar-refractivity contribution is 5.36. The summed E-state index contributed by atoms with van der Waals surface area (Å²) in [6.45, 7) is 3.88. The Morgan fingerprint density at radius 1 is 0.913 bits per heavy atom. The second-order valence-corrected chi connectivity index (χ2v) is 5.92. The number of aromatic nitrogens is 2. The molecule has 0 bridgehead atoms. The van der Waals surface area contributed by atoms with Gasteiger partial charge in [-0.3, -0.25) is 4.57 Å². The summed E-state index contributed by atoms with van der Waals surface area (Å²) in [5, 5.41) is 10.6. The molecule has 2 N–H and O–H groups in total. The number of imidazole rings is 1. The molecule has 1 aromatic heterocycles. The van der Waals surface area contributed by atoms with Crippen LogP contribution in [-0.4, -0.2) is 14.7 Å². The summed E-state index contributed by atoms with van der Waals surface area (Å²) in [5.74, 6) is 0.0406. The molecule has 0 atom stereocenters. The molecule has 0 aliphatic heterocycles. The number of rotatable bonds is 4. The lowest BCUT2D eigenvalue weighted by Crippen LogP contribution is -2.23. The molecule has 0 fully saturated rings. The zero-order valence-electron chi connectivity index (χ0n) is 13.2. The third kappa shape index (κ3) is 2.80. The minimum Gasteiger partial charge on any atom is -0.493 e. The molecule has 2 aromatic carbocycles. The van der Waals surface area contributed by atoms with Crippen molar-refractivity contribution in [2.45, 2.75) is 25.8 Å². The molecule has 4 heteroatoms. The molecule has 1 heterocycles. The second-order valence-electron chi connectivity index (χ2n) is 5.92. The van der Waals surface area contributed by atoms with E-state index < -0.39 is 0 Å². The van der Waals surface area contributed by atoms with E-state index in [1.807, 2.05) is 74.5 Å². The Bertz CT molecular complexity index is 793. The van der Waals surface area contributed by atoms with Gasteiger partial charge in [0.15, 0.2) is 0 Å². The van der Waals surface area contributed by atoms with Crippen LogP contribution in [0.5, 0.6) is 5.88 Å². The van der Waals surface area contributed by atoms with Crippen LogP contribution in [0.1, 0.15) is 42.6 Å². The van der Waals surface area contributed by atoms with Crippen molar-refractivity contribution in [2.75, 3.05) is 0 Å². The van der Waals surface area contributed by atoms with Crippen LogP contribution in [0.2, 0.25) is 0 Å². The van der Waals surface area contributed by atoms with Crippen LogP contribution in [-0.2, 0) is 0 Å². The van der Waals surface area contributed by atoms with E-state index in [2.05, 4.69) is 4.98 Å². The number of hydrogen-bond donors (Lipinski definition) is 2. The van der Waals surface area contributed by atoms with Crippen LogP contribution in [0.4, 0.5) is 0 Å². The van der Waals surface area contributed by atoms with Gasteiger partial charge in [0, 0.05) is 0 Å². The van der Waals surface area contributed by atoms with Gasteiger partial charge in [0.1, 0.15) is 0 Å². The molecule has 0 aliphatic rings. The van der Waals surface area contributed by atoms with Gasteiger partial charge in [-0.2, -0.15) is 0 Å². The second kappa shape index (κ2) is 6.16. The maximum Gasteiger partial charge on any atom is 0.329 e. The first-order valence-electron chi connectivity index (χ1n) is 7.73. The van der Waals surface area contributed by atoms with Crippen LogP contribution in [0.15, 0.2) is 65.5 Å². The van der Waals surface area contributed by atoms with Crippen molar-refractivity contribution < 1.29 is 5.11 Å². The van der Waals surface area contributed by atoms with Crippen molar-refractivity contribution in [3.63, 3.8) is 0 Å². The molecule has 0 radical (unpaired) electrons. The topological polar surface area (TPSA) is 58.0 Å². The first-order valence-corrected chi connectivity index (χ1v) is 7.73. The highest BCUT2D eigenvalue weighted by Gasteiger charge is 2.24. The number of H-pyrrole nitrogens is 1. The highest BCUT2D eigenvalue weighted by Crippen LogP contribution is 2.31. The van der Waals surface area contributed by atoms with Crippen LogP contribution >= 0.6 is 0 Å². The lowest BCUT2D eigenvalue weighted by molar-refractivity contribution is 0.401. The average Bonchev–Trinajstić information content (AvgIpc) is 2.86. The molecule has 0 amide bonds. The van der Waals surface area contributed by atoms with E-state index in [1.165, 1.54) is 4.57 Å². The monoisotopic (exact) mass is 308 g/mol. The SMILES string of the molecule is CC(C)c1[nH]c(=O)n(C(c2ccccc2)c2ccccc2)c1O. The van der Waals surface area contributed by atoms with Gasteiger partial charge in [-0.1, -0.05) is 74.5 Å². The molecule has 4 nitrogen and oxygen atoms in total. The third-order valence-electron chi connectivity index (χ3n) is 4.00. The van der Waals surface area contributed by atoms with Gasteiger partial charge in [-0.25, -0.2) is 4.79 Å². The van der Waals surface area contributed by atoms with Gasteiger partial charge in [-0.05, 0) is 17.0 Å². The number of aromatic hydroxyl groups is 1. The number of nitrogens with one attached hydrogen (secondary N) is 1. The fourth-order valence-electron chi connectivity index (χ4n) is 2.86. The molecule has 118 valence electrons. The molecular formula is C19H20N2O2. The molecule has 0 saturated carbocycles. The minimum absolute atomic E-state index is 0.00251. The molecule has 3 aromatic rings. The number of benzene rings is 2. The van der Waals surface area contributed by atoms with Crippen LogP contribution in [0, 0.1) is 0 Å². The zero-order chi connectivity index (χ0) is 16.4. The van der Waals surface area contributed by atoms with Crippen molar-refractivity contribution in [1.82, 2.24) is 9.55 Å². The normalized spacial score (nSPS) is 11.3. The van der Waals surface area contributed by atoms with Crippen molar-refractivity contribution in [3.05, 3.63) is 88.0 Å². The number of aromatic amines is 1. The maximum atomic E-state index is 12.5. The maximum absolute atomic E-state index is 12.5. The van der Waals surface area contributed by atoms with E-state index in [4.69, 9.17) is 0 Å². The Balaban J connectivity index is 2.24. The summed E-state index contributed by atoms with van der Waals surface area (Å²) >= 11 is 0. The summed E-state index contributed by atoms with van der Waals surface area (Å²) in [6, 6.07) is 19.1. The predicted octanol–water partition coefficient (Wildman–Crippen LogP) is 3.64. The fourth-order valence-corrected chi connectivity index (χ4v) is 2.86. The Morgan fingerprint density at radius 2 is 1.39 bits per heavy atom. The smallest absolute Gasteiger partial charge is 0.329 e. The molecule has 3 rings (SSSR count). The van der Waals surface area contributed by atoms with Gasteiger partial charge in [0.05, 0.1) is 11.7 Å². The van der Waals surface area contributed by atoms with Crippen molar-refractivity contribution >= 4 is 0 Å². The lowest BCUT2D eigenvalue weighted by atomic mass is 9.98. The van der Waals surface area contributed by atoms with Crippen LogP contribution in [0.25, 0.3) is 0 Å². The molecule has 0 unspecified atom stereocenters. The summed E-state index contributed by atoms with van der Waals surface area (Å²) < 4.78 is 1.43. The van der Waals surface area contributed by atoms with E-state index in [0.29, 0.717) is 5.69 Å². The average molecular weight is 308 g/mol. The zero-order valence-corrected chi connectivity index (χ0v) is 13.2. The third-order valence-corrected chi connectivity index (χ3v) is 4.00. The summed E-state index contributed by atoms with van der Waals surface area (Å²) in [7, 11) is 0. The Morgan fingerprint density at radius 3 is 1.78 bits per heavy atom. The highest BCUT2D eigenvalue weighted by atomic mass is 16.3. The number of hydrogen-bond acceptors (Lipinski definition) is 2. The summed E-state index contributed by atoms with van der Waals surface area (Å²) in [5.41, 5.74) is 2.16. The van der Waals surface area contributed by atoms with Crippen LogP contribution < -0.4 is 5.69 Å². The largest absolute Gasteiger partial charge is 0.493 e. The minimum atomic E-state index is -0.367. The van der Waals surface area contributed by atoms with Crippen molar-refractivity contribution in [3.8, 4) is 5.88 Å². The van der Waals surface area contributed by atoms with E-state index >= 15 is 0 Å². The predicted molar refractivity (Wildman–Crippen MR) is 90.9 cm³/mol.